The van der Waals surface area contributed by atoms with Gasteiger partial charge in [-0.05, 0) is 6.07 Å². The largest absolute Gasteiger partial charge is 0.389 e. The Bertz CT molecular complexity index is 302. The van der Waals surface area contributed by atoms with Gasteiger partial charge in [0.25, 0.3) is 0 Å². The van der Waals surface area contributed by atoms with Gasteiger partial charge in [0.15, 0.2) is 0 Å². The van der Waals surface area contributed by atoms with Crippen molar-refractivity contribution < 1.29 is 10.2 Å². The molecular weight excluding hydrogens is 227 g/mol. The van der Waals surface area contributed by atoms with Crippen molar-refractivity contribution in [3.05, 3.63) is 28.0 Å². The Kier molecular flexibility index (Phi) is 4.10. The molecule has 0 aliphatic rings. The van der Waals surface area contributed by atoms with Gasteiger partial charge in [-0.1, -0.05) is 23.2 Å². The van der Waals surface area contributed by atoms with Gasteiger partial charge < -0.3 is 15.9 Å². The van der Waals surface area contributed by atoms with Crippen LogP contribution in [0.5, 0.6) is 0 Å². The second-order valence-corrected chi connectivity index (χ2v) is 3.51. The van der Waals surface area contributed by atoms with Crippen molar-refractivity contribution >= 4 is 23.2 Å². The molecule has 0 fully saturated rings. The normalized spacial score (nSPS) is 15.2. The van der Waals surface area contributed by atoms with Crippen molar-refractivity contribution in [3.8, 4) is 0 Å². The third-order valence-electron chi connectivity index (χ3n) is 1.79. The SMILES string of the molecule is NCC(O)C(O)c1c(Cl)ccnc1Cl. The minimum absolute atomic E-state index is 0.0671. The summed E-state index contributed by atoms with van der Waals surface area (Å²) in [4.78, 5) is 3.75. The van der Waals surface area contributed by atoms with Gasteiger partial charge in [0.05, 0.1) is 11.1 Å². The van der Waals surface area contributed by atoms with Gasteiger partial charge in [-0.25, -0.2) is 4.98 Å². The second-order valence-electron chi connectivity index (χ2n) is 2.75. The van der Waals surface area contributed by atoms with Crippen LogP contribution in [0.3, 0.4) is 0 Å². The van der Waals surface area contributed by atoms with E-state index in [1.807, 2.05) is 0 Å². The third-order valence-corrected chi connectivity index (χ3v) is 2.42. The van der Waals surface area contributed by atoms with Crippen LogP contribution in [0.25, 0.3) is 0 Å². The van der Waals surface area contributed by atoms with Crippen LogP contribution in [0.2, 0.25) is 10.2 Å². The molecule has 0 radical (unpaired) electrons. The molecule has 0 amide bonds. The fourth-order valence-corrected chi connectivity index (χ4v) is 1.59. The van der Waals surface area contributed by atoms with Crippen LogP contribution in [0.15, 0.2) is 12.3 Å². The molecule has 6 heteroatoms. The van der Waals surface area contributed by atoms with E-state index in [-0.39, 0.29) is 22.3 Å². The topological polar surface area (TPSA) is 79.4 Å². The molecule has 0 aliphatic carbocycles. The van der Waals surface area contributed by atoms with Gasteiger partial charge >= 0.3 is 0 Å². The second kappa shape index (κ2) is 4.91. The molecule has 2 unspecified atom stereocenters. The molecule has 1 heterocycles. The number of aromatic nitrogens is 1. The summed E-state index contributed by atoms with van der Waals surface area (Å²) in [5.74, 6) is 0. The Morgan fingerprint density at radius 1 is 1.43 bits per heavy atom. The molecule has 4 nitrogen and oxygen atoms in total. The van der Waals surface area contributed by atoms with E-state index >= 15 is 0 Å². The minimum atomic E-state index is -1.21. The lowest BCUT2D eigenvalue weighted by atomic mass is 10.1. The van der Waals surface area contributed by atoms with Crippen LogP contribution < -0.4 is 5.73 Å². The van der Waals surface area contributed by atoms with Crippen molar-refractivity contribution in [2.24, 2.45) is 5.73 Å². The van der Waals surface area contributed by atoms with E-state index in [2.05, 4.69) is 4.98 Å². The Hall–Kier alpha value is -0.390. The first-order chi connectivity index (χ1) is 6.57. The number of nitrogens with two attached hydrogens (primary N) is 1. The molecule has 2 atom stereocenters. The van der Waals surface area contributed by atoms with E-state index in [4.69, 9.17) is 28.9 Å². The summed E-state index contributed by atoms with van der Waals surface area (Å²) < 4.78 is 0. The number of hydrogen-bond acceptors (Lipinski definition) is 4. The maximum Gasteiger partial charge on any atom is 0.136 e. The Labute approximate surface area is 91.3 Å². The fourth-order valence-electron chi connectivity index (χ4n) is 1.01. The van der Waals surface area contributed by atoms with Crippen molar-refractivity contribution in [3.63, 3.8) is 0 Å². The maximum absolute atomic E-state index is 9.61. The number of halogens is 2. The zero-order valence-corrected chi connectivity index (χ0v) is 8.70. The van der Waals surface area contributed by atoms with Gasteiger partial charge in [-0.2, -0.15) is 0 Å². The number of aliphatic hydroxyl groups is 2. The lowest BCUT2D eigenvalue weighted by molar-refractivity contribution is 0.0242. The zero-order chi connectivity index (χ0) is 10.7. The van der Waals surface area contributed by atoms with Gasteiger partial charge in [0.1, 0.15) is 11.3 Å². The maximum atomic E-state index is 9.61. The predicted molar refractivity (Wildman–Crippen MR) is 54.3 cm³/mol. The highest BCUT2D eigenvalue weighted by molar-refractivity contribution is 6.35. The van der Waals surface area contributed by atoms with E-state index < -0.39 is 12.2 Å². The molecule has 0 aliphatic heterocycles. The first-order valence-electron chi connectivity index (χ1n) is 3.94. The monoisotopic (exact) mass is 236 g/mol. The predicted octanol–water partition coefficient (Wildman–Crippen LogP) is 0.741. The highest BCUT2D eigenvalue weighted by atomic mass is 35.5. The van der Waals surface area contributed by atoms with Crippen LogP contribution in [0, 0.1) is 0 Å². The van der Waals surface area contributed by atoms with Crippen LogP contribution in [-0.4, -0.2) is 27.8 Å². The van der Waals surface area contributed by atoms with Crippen LogP contribution >= 0.6 is 23.2 Å². The summed E-state index contributed by atoms with van der Waals surface area (Å²) in [5, 5.41) is 19.2. The van der Waals surface area contributed by atoms with Gasteiger partial charge in [-0.15, -0.1) is 0 Å². The van der Waals surface area contributed by atoms with Gasteiger partial charge in [0.2, 0.25) is 0 Å². The molecule has 0 bridgehead atoms. The van der Waals surface area contributed by atoms with Crippen molar-refractivity contribution in [2.75, 3.05) is 6.54 Å². The van der Waals surface area contributed by atoms with E-state index in [1.54, 1.807) is 0 Å². The molecule has 4 N–H and O–H groups in total. The van der Waals surface area contributed by atoms with E-state index in [1.165, 1.54) is 12.3 Å². The van der Waals surface area contributed by atoms with Crippen LogP contribution in [0.4, 0.5) is 0 Å². The lowest BCUT2D eigenvalue weighted by Gasteiger charge is -2.17. The van der Waals surface area contributed by atoms with Crippen molar-refractivity contribution in [1.82, 2.24) is 4.98 Å². The van der Waals surface area contributed by atoms with Crippen molar-refractivity contribution in [1.29, 1.82) is 0 Å². The molecule has 0 aromatic carbocycles. The summed E-state index contributed by atoms with van der Waals surface area (Å²) in [7, 11) is 0. The molecular formula is C8H10Cl2N2O2. The minimum Gasteiger partial charge on any atom is -0.389 e. The number of nitrogens with zero attached hydrogens (tertiary/aromatic N) is 1. The van der Waals surface area contributed by atoms with Gasteiger partial charge in [-0.3, -0.25) is 0 Å². The number of pyridine rings is 1. The highest BCUT2D eigenvalue weighted by Gasteiger charge is 2.22. The summed E-state index contributed by atoms with van der Waals surface area (Å²) in [6.45, 7) is -0.0806. The number of aliphatic hydroxyl groups excluding tert-OH is 2. The van der Waals surface area contributed by atoms with Crippen molar-refractivity contribution in [2.45, 2.75) is 12.2 Å². The standard InChI is InChI=1S/C8H10Cl2N2O2/c9-4-1-2-12-8(10)6(4)7(14)5(13)3-11/h1-2,5,7,13-14H,3,11H2. The molecule has 78 valence electrons. The van der Waals surface area contributed by atoms with Crippen LogP contribution in [0.1, 0.15) is 11.7 Å². The molecule has 1 aromatic heterocycles. The number of hydrogen-bond donors (Lipinski definition) is 3. The summed E-state index contributed by atoms with van der Waals surface area (Å²) in [6.07, 6.45) is -0.904. The van der Waals surface area contributed by atoms with E-state index in [9.17, 15) is 10.2 Å². The first-order valence-corrected chi connectivity index (χ1v) is 4.69. The Balaban J connectivity index is 3.05. The molecule has 0 saturated heterocycles. The Morgan fingerprint density at radius 3 is 2.57 bits per heavy atom. The van der Waals surface area contributed by atoms with E-state index in [0.717, 1.165) is 0 Å². The summed E-state index contributed by atoms with van der Waals surface area (Å²) in [5.41, 5.74) is 5.40. The van der Waals surface area contributed by atoms with E-state index in [0.29, 0.717) is 0 Å². The fraction of sp³-hybridized carbons (Fsp3) is 0.375. The third kappa shape index (κ3) is 2.34. The molecule has 0 saturated carbocycles. The molecule has 14 heavy (non-hydrogen) atoms. The first kappa shape index (κ1) is 11.7. The Morgan fingerprint density at radius 2 is 2.07 bits per heavy atom. The molecule has 1 rings (SSSR count). The average molecular weight is 237 g/mol. The molecule has 1 aromatic rings. The lowest BCUT2D eigenvalue weighted by Crippen LogP contribution is -2.27. The quantitative estimate of drug-likeness (QED) is 0.677. The zero-order valence-electron chi connectivity index (χ0n) is 7.19. The van der Waals surface area contributed by atoms with Crippen LogP contribution in [-0.2, 0) is 0 Å². The molecule has 0 spiro atoms. The van der Waals surface area contributed by atoms with Gasteiger partial charge in [0, 0.05) is 18.3 Å². The highest BCUT2D eigenvalue weighted by Crippen LogP contribution is 2.29. The smallest absolute Gasteiger partial charge is 0.136 e. The summed E-state index contributed by atoms with van der Waals surface area (Å²) >= 11 is 11.5. The number of rotatable bonds is 3. The summed E-state index contributed by atoms with van der Waals surface area (Å²) in [6, 6.07) is 1.48. The average Bonchev–Trinajstić information content (AvgIpc) is 2.16.